The Morgan fingerprint density at radius 1 is 0.833 bits per heavy atom. The summed E-state index contributed by atoms with van der Waals surface area (Å²) in [7, 11) is 0. The summed E-state index contributed by atoms with van der Waals surface area (Å²) in [5.41, 5.74) is 2.52. The van der Waals surface area contributed by atoms with Gasteiger partial charge >= 0.3 is 0 Å². The predicted octanol–water partition coefficient (Wildman–Crippen LogP) is 2.27. The summed E-state index contributed by atoms with van der Waals surface area (Å²) in [5, 5.41) is 4.72. The van der Waals surface area contributed by atoms with Gasteiger partial charge in [0.15, 0.2) is 11.0 Å². The molecule has 0 N–H and O–H groups in total. The van der Waals surface area contributed by atoms with Gasteiger partial charge in [0.25, 0.3) is 0 Å². The molecule has 0 saturated heterocycles. The van der Waals surface area contributed by atoms with E-state index in [2.05, 4.69) is 47.5 Å². The van der Waals surface area contributed by atoms with E-state index in [1.165, 1.54) is 75.2 Å². The molecular formula is C20H34BrN3. The number of hydrogen-bond donors (Lipinski definition) is 0. The smallest absolute Gasteiger partial charge is 0.198 e. The minimum atomic E-state index is 0. The highest BCUT2D eigenvalue weighted by Gasteiger charge is 2.15. The van der Waals surface area contributed by atoms with E-state index < -0.39 is 0 Å². The van der Waals surface area contributed by atoms with Crippen molar-refractivity contribution >= 4 is 11.0 Å². The number of para-hydroxylation sites is 2. The largest absolute Gasteiger partial charge is 1.00 e. The maximum Gasteiger partial charge on any atom is 0.198 e. The van der Waals surface area contributed by atoms with Crippen molar-refractivity contribution in [3.05, 3.63) is 24.3 Å². The highest BCUT2D eigenvalue weighted by Crippen LogP contribution is 2.11. The molecule has 0 unspecified atom stereocenters. The van der Waals surface area contributed by atoms with Gasteiger partial charge in [-0.25, -0.2) is 0 Å². The molecule has 1 aromatic heterocycles. The van der Waals surface area contributed by atoms with Gasteiger partial charge in [0, 0.05) is 0 Å². The first kappa shape index (κ1) is 21.1. The molecule has 0 amide bonds. The second-order valence-corrected chi connectivity index (χ2v) is 6.60. The Hall–Kier alpha value is -0.900. The van der Waals surface area contributed by atoms with Crippen molar-refractivity contribution in [2.75, 3.05) is 0 Å². The van der Waals surface area contributed by atoms with Crippen LogP contribution < -0.4 is 21.7 Å². The molecule has 0 saturated carbocycles. The number of nitrogens with zero attached hydrogens (tertiary/aromatic N) is 3. The fraction of sp³-hybridized carbons (Fsp3) is 0.700. The number of rotatable bonds is 12. The Morgan fingerprint density at radius 3 is 2.04 bits per heavy atom. The summed E-state index contributed by atoms with van der Waals surface area (Å²) in [5.74, 6) is 0. The first-order chi connectivity index (χ1) is 11.4. The van der Waals surface area contributed by atoms with Crippen LogP contribution in [0.5, 0.6) is 0 Å². The van der Waals surface area contributed by atoms with E-state index in [-0.39, 0.29) is 17.0 Å². The topological polar surface area (TPSA) is 21.7 Å². The van der Waals surface area contributed by atoms with Crippen LogP contribution in [-0.2, 0) is 13.1 Å². The van der Waals surface area contributed by atoms with Crippen molar-refractivity contribution in [1.82, 2.24) is 9.90 Å². The van der Waals surface area contributed by atoms with Crippen LogP contribution in [0.2, 0.25) is 0 Å². The van der Waals surface area contributed by atoms with E-state index in [9.17, 15) is 0 Å². The predicted molar refractivity (Wildman–Crippen MR) is 97.4 cm³/mol. The number of aryl methyl sites for hydroxylation is 2. The number of fused-ring (bicyclic) bond motifs is 1. The summed E-state index contributed by atoms with van der Waals surface area (Å²) in [4.78, 5) is 0. The normalized spacial score (nSPS) is 10.9. The number of hydrogen-bond acceptors (Lipinski definition) is 1. The van der Waals surface area contributed by atoms with E-state index in [1.807, 2.05) is 0 Å². The monoisotopic (exact) mass is 395 g/mol. The third-order valence-electron chi connectivity index (χ3n) is 4.68. The van der Waals surface area contributed by atoms with Crippen LogP contribution in [0.3, 0.4) is 0 Å². The number of aromatic nitrogens is 3. The van der Waals surface area contributed by atoms with Gasteiger partial charge in [0.05, 0.1) is 5.21 Å². The maximum atomic E-state index is 4.72. The van der Waals surface area contributed by atoms with Crippen molar-refractivity contribution in [1.29, 1.82) is 0 Å². The fourth-order valence-electron chi connectivity index (χ4n) is 3.28. The minimum absolute atomic E-state index is 0. The molecule has 24 heavy (non-hydrogen) atoms. The molecule has 0 aliphatic carbocycles. The van der Waals surface area contributed by atoms with Crippen LogP contribution >= 0.6 is 0 Å². The number of benzene rings is 1. The third kappa shape index (κ3) is 6.54. The van der Waals surface area contributed by atoms with Crippen LogP contribution in [0.25, 0.3) is 11.0 Å². The molecule has 2 rings (SSSR count). The van der Waals surface area contributed by atoms with Gasteiger partial charge in [0.2, 0.25) is 0 Å². The summed E-state index contributed by atoms with van der Waals surface area (Å²) in [6.45, 7) is 6.42. The summed E-state index contributed by atoms with van der Waals surface area (Å²) in [6, 6.07) is 8.56. The highest BCUT2D eigenvalue weighted by molar-refractivity contribution is 5.70. The highest BCUT2D eigenvalue weighted by atomic mass is 79.9. The van der Waals surface area contributed by atoms with Crippen LogP contribution in [0.4, 0.5) is 0 Å². The maximum absolute atomic E-state index is 4.72. The Morgan fingerprint density at radius 2 is 1.42 bits per heavy atom. The molecular weight excluding hydrogens is 362 g/mol. The zero-order valence-electron chi connectivity index (χ0n) is 15.5. The van der Waals surface area contributed by atoms with Gasteiger partial charge in [-0.1, -0.05) is 70.4 Å². The Balaban J connectivity index is 0.00000288. The van der Waals surface area contributed by atoms with Crippen LogP contribution in [-0.4, -0.2) is 9.90 Å². The van der Waals surface area contributed by atoms with Crippen molar-refractivity contribution in [2.45, 2.75) is 91.1 Å². The molecule has 0 atom stereocenters. The van der Waals surface area contributed by atoms with Crippen LogP contribution in [0, 0.1) is 0 Å². The lowest BCUT2D eigenvalue weighted by Crippen LogP contribution is -3.00. The Kier molecular flexibility index (Phi) is 11.0. The van der Waals surface area contributed by atoms with Gasteiger partial charge in [-0.15, -0.1) is 9.36 Å². The van der Waals surface area contributed by atoms with Gasteiger partial charge in [0.1, 0.15) is 13.1 Å². The molecule has 0 aliphatic rings. The summed E-state index contributed by atoms with van der Waals surface area (Å²) in [6.07, 6.45) is 13.8. The SMILES string of the molecule is CCCCCCCCCCCC[n+]1nn(CC)c2ccccc21.[Br-]. The lowest BCUT2D eigenvalue weighted by molar-refractivity contribution is -0.733. The first-order valence-corrected chi connectivity index (χ1v) is 9.72. The summed E-state index contributed by atoms with van der Waals surface area (Å²) < 4.78 is 4.29. The van der Waals surface area contributed by atoms with Crippen molar-refractivity contribution < 1.29 is 21.7 Å². The molecule has 1 heterocycles. The van der Waals surface area contributed by atoms with Crippen molar-refractivity contribution in [3.63, 3.8) is 0 Å². The Labute approximate surface area is 158 Å². The molecule has 1 aromatic carbocycles. The summed E-state index contributed by atoms with van der Waals surface area (Å²) >= 11 is 0. The van der Waals surface area contributed by atoms with Gasteiger partial charge in [-0.2, -0.15) is 0 Å². The Bertz CT molecular complexity index is 565. The average Bonchev–Trinajstić information content (AvgIpc) is 2.95. The lowest BCUT2D eigenvalue weighted by Gasteiger charge is -2.01. The molecule has 4 heteroatoms. The van der Waals surface area contributed by atoms with E-state index in [4.69, 9.17) is 5.21 Å². The standard InChI is InChI=1S/C20H34N3.BrH/c1-3-5-6-7-8-9-10-11-12-15-18-23-20-17-14-13-16-19(20)22(4-2)21-23;/h13-14,16-17H,3-12,15,18H2,1-2H3;1H/q+1;/p-1. The lowest BCUT2D eigenvalue weighted by atomic mass is 10.1. The second kappa shape index (κ2) is 12.5. The molecule has 0 radical (unpaired) electrons. The molecule has 0 fully saturated rings. The quantitative estimate of drug-likeness (QED) is 0.399. The van der Waals surface area contributed by atoms with E-state index in [0.717, 1.165) is 13.1 Å². The molecule has 136 valence electrons. The zero-order chi connectivity index (χ0) is 16.3. The fourth-order valence-corrected chi connectivity index (χ4v) is 3.28. The van der Waals surface area contributed by atoms with Crippen molar-refractivity contribution in [3.8, 4) is 0 Å². The molecule has 0 aliphatic heterocycles. The number of unbranched alkanes of at least 4 members (excludes halogenated alkanes) is 9. The van der Waals surface area contributed by atoms with E-state index in [0.29, 0.717) is 0 Å². The third-order valence-corrected chi connectivity index (χ3v) is 4.68. The first-order valence-electron chi connectivity index (χ1n) is 9.72. The van der Waals surface area contributed by atoms with Gasteiger partial charge < -0.3 is 17.0 Å². The molecule has 0 bridgehead atoms. The van der Waals surface area contributed by atoms with Gasteiger partial charge in [-0.05, 0) is 31.9 Å². The van der Waals surface area contributed by atoms with Gasteiger partial charge in [-0.3, -0.25) is 0 Å². The minimum Gasteiger partial charge on any atom is -1.00 e. The molecule has 2 aromatic rings. The average molecular weight is 396 g/mol. The van der Waals surface area contributed by atoms with Crippen LogP contribution in [0.15, 0.2) is 24.3 Å². The van der Waals surface area contributed by atoms with Crippen molar-refractivity contribution in [2.24, 2.45) is 0 Å². The zero-order valence-corrected chi connectivity index (χ0v) is 17.1. The number of halogens is 1. The second-order valence-electron chi connectivity index (χ2n) is 6.60. The van der Waals surface area contributed by atoms with E-state index in [1.54, 1.807) is 0 Å². The molecule has 0 spiro atoms. The van der Waals surface area contributed by atoms with E-state index >= 15 is 0 Å². The van der Waals surface area contributed by atoms with Crippen LogP contribution in [0.1, 0.15) is 78.1 Å². The molecule has 3 nitrogen and oxygen atoms in total.